The van der Waals surface area contributed by atoms with Gasteiger partial charge >= 0.3 is 0 Å². The van der Waals surface area contributed by atoms with E-state index >= 15 is 0 Å². The smallest absolute Gasteiger partial charge is 0.128 e. The largest absolute Gasteiger partial charge is 0.496 e. The second kappa shape index (κ2) is 5.67. The van der Waals surface area contributed by atoms with Gasteiger partial charge in [0.15, 0.2) is 0 Å². The van der Waals surface area contributed by atoms with Crippen molar-refractivity contribution in [2.24, 2.45) is 5.92 Å². The number of nitrogens with zero attached hydrogens (tertiary/aromatic N) is 1. The highest BCUT2D eigenvalue weighted by molar-refractivity contribution is 5.40. The molecule has 0 aromatic carbocycles. The Bertz CT molecular complexity index is 415. The second-order valence-electron chi connectivity index (χ2n) is 5.17. The highest BCUT2D eigenvalue weighted by Crippen LogP contribution is 2.27. The number of hydrogen-bond donors (Lipinski definition) is 2. The molecule has 0 radical (unpaired) electrons. The van der Waals surface area contributed by atoms with E-state index < -0.39 is 0 Å². The lowest BCUT2D eigenvalue weighted by atomic mass is 9.82. The minimum Gasteiger partial charge on any atom is -0.496 e. The van der Waals surface area contributed by atoms with E-state index in [1.54, 1.807) is 7.11 Å². The van der Waals surface area contributed by atoms with Gasteiger partial charge in [0.1, 0.15) is 5.75 Å². The van der Waals surface area contributed by atoms with Crippen LogP contribution in [0.4, 0.5) is 0 Å². The SMILES string of the molecule is COc1c(C)cnc(CNCC2CC(O)C2)c1C. The summed E-state index contributed by atoms with van der Waals surface area (Å²) in [5.74, 6) is 1.55. The molecule has 4 heteroatoms. The van der Waals surface area contributed by atoms with Crippen molar-refractivity contribution in [2.75, 3.05) is 13.7 Å². The maximum absolute atomic E-state index is 9.22. The van der Waals surface area contributed by atoms with Gasteiger partial charge in [0.2, 0.25) is 0 Å². The monoisotopic (exact) mass is 250 g/mol. The summed E-state index contributed by atoms with van der Waals surface area (Å²) >= 11 is 0. The molecule has 1 aromatic heterocycles. The molecule has 1 aliphatic carbocycles. The van der Waals surface area contributed by atoms with E-state index in [9.17, 15) is 5.11 Å². The van der Waals surface area contributed by atoms with Gasteiger partial charge in [-0.2, -0.15) is 0 Å². The number of nitrogens with one attached hydrogen (secondary N) is 1. The average molecular weight is 250 g/mol. The molecule has 1 fully saturated rings. The van der Waals surface area contributed by atoms with Crippen molar-refractivity contribution in [2.45, 2.75) is 39.3 Å². The van der Waals surface area contributed by atoms with Gasteiger partial charge < -0.3 is 15.2 Å². The molecule has 0 aliphatic heterocycles. The molecule has 1 aliphatic rings. The summed E-state index contributed by atoms with van der Waals surface area (Å²) in [6, 6.07) is 0. The van der Waals surface area contributed by atoms with Gasteiger partial charge in [-0.1, -0.05) is 0 Å². The van der Waals surface area contributed by atoms with Crippen LogP contribution in [0.1, 0.15) is 29.7 Å². The lowest BCUT2D eigenvalue weighted by molar-refractivity contribution is 0.0429. The number of hydrogen-bond acceptors (Lipinski definition) is 4. The fourth-order valence-electron chi connectivity index (χ4n) is 2.51. The lowest BCUT2D eigenvalue weighted by Gasteiger charge is -2.31. The number of aryl methyl sites for hydroxylation is 1. The van der Waals surface area contributed by atoms with E-state index in [1.165, 1.54) is 0 Å². The number of aliphatic hydroxyl groups is 1. The van der Waals surface area contributed by atoms with Crippen molar-refractivity contribution in [3.63, 3.8) is 0 Å². The summed E-state index contributed by atoms with van der Waals surface area (Å²) in [6.07, 6.45) is 3.64. The van der Waals surface area contributed by atoms with Gasteiger partial charge in [0, 0.05) is 23.9 Å². The number of methoxy groups -OCH3 is 1. The molecule has 0 saturated heterocycles. The number of rotatable bonds is 5. The first-order chi connectivity index (χ1) is 8.61. The highest BCUT2D eigenvalue weighted by atomic mass is 16.5. The van der Waals surface area contributed by atoms with Crippen molar-refractivity contribution in [3.05, 3.63) is 23.0 Å². The van der Waals surface area contributed by atoms with Crippen molar-refractivity contribution >= 4 is 0 Å². The third-order valence-corrected chi connectivity index (χ3v) is 3.69. The summed E-state index contributed by atoms with van der Waals surface area (Å²) in [6.45, 7) is 5.76. The summed E-state index contributed by atoms with van der Waals surface area (Å²) in [5, 5.41) is 12.6. The van der Waals surface area contributed by atoms with E-state index in [1.807, 2.05) is 20.0 Å². The number of aromatic nitrogens is 1. The zero-order valence-electron chi connectivity index (χ0n) is 11.4. The molecule has 2 N–H and O–H groups in total. The maximum atomic E-state index is 9.22. The van der Waals surface area contributed by atoms with E-state index in [2.05, 4.69) is 10.3 Å². The molecule has 0 bridgehead atoms. The topological polar surface area (TPSA) is 54.4 Å². The standard InChI is InChI=1S/C14H22N2O2/c1-9-6-16-13(10(2)14(9)18-3)8-15-7-11-4-12(17)5-11/h6,11-12,15,17H,4-5,7-8H2,1-3H3. The van der Waals surface area contributed by atoms with E-state index in [4.69, 9.17) is 4.74 Å². The zero-order valence-corrected chi connectivity index (χ0v) is 11.4. The van der Waals surface area contributed by atoms with Crippen LogP contribution >= 0.6 is 0 Å². The molecule has 1 saturated carbocycles. The van der Waals surface area contributed by atoms with Crippen molar-refractivity contribution in [3.8, 4) is 5.75 Å². The number of ether oxygens (including phenoxy) is 1. The van der Waals surface area contributed by atoms with Crippen LogP contribution in [0.5, 0.6) is 5.75 Å². The molecule has 100 valence electrons. The van der Waals surface area contributed by atoms with Crippen molar-refractivity contribution in [1.29, 1.82) is 0 Å². The Kier molecular flexibility index (Phi) is 4.19. The minimum atomic E-state index is -0.0730. The molecule has 0 unspecified atom stereocenters. The van der Waals surface area contributed by atoms with E-state index in [0.29, 0.717) is 5.92 Å². The van der Waals surface area contributed by atoms with Gasteiger partial charge in [0.05, 0.1) is 18.9 Å². The van der Waals surface area contributed by atoms with Crippen LogP contribution in [0.3, 0.4) is 0 Å². The summed E-state index contributed by atoms with van der Waals surface area (Å²) in [4.78, 5) is 4.45. The normalized spacial score (nSPS) is 22.7. The van der Waals surface area contributed by atoms with Gasteiger partial charge in [-0.25, -0.2) is 0 Å². The first-order valence-electron chi connectivity index (χ1n) is 6.49. The Balaban J connectivity index is 1.89. The molecule has 1 aromatic rings. The first kappa shape index (κ1) is 13.3. The minimum absolute atomic E-state index is 0.0730. The van der Waals surface area contributed by atoms with Gasteiger partial charge in [-0.3, -0.25) is 4.98 Å². The number of aliphatic hydroxyl groups excluding tert-OH is 1. The molecule has 2 rings (SSSR count). The molecule has 18 heavy (non-hydrogen) atoms. The van der Waals surface area contributed by atoms with Crippen LogP contribution in [0, 0.1) is 19.8 Å². The van der Waals surface area contributed by atoms with Crippen LogP contribution in [-0.4, -0.2) is 29.8 Å². The summed E-state index contributed by atoms with van der Waals surface area (Å²) in [7, 11) is 1.70. The molecular weight excluding hydrogens is 228 g/mol. The van der Waals surface area contributed by atoms with E-state index in [0.717, 1.165) is 48.5 Å². The Labute approximate surface area is 108 Å². The van der Waals surface area contributed by atoms with Crippen LogP contribution in [-0.2, 0) is 6.54 Å². The van der Waals surface area contributed by atoms with Crippen molar-refractivity contribution in [1.82, 2.24) is 10.3 Å². The molecular formula is C14H22N2O2. The van der Waals surface area contributed by atoms with Gasteiger partial charge in [-0.05, 0) is 39.2 Å². The van der Waals surface area contributed by atoms with Gasteiger partial charge in [-0.15, -0.1) is 0 Å². The Morgan fingerprint density at radius 1 is 1.44 bits per heavy atom. The van der Waals surface area contributed by atoms with Crippen LogP contribution in [0.15, 0.2) is 6.20 Å². The average Bonchev–Trinajstić information content (AvgIpc) is 2.30. The van der Waals surface area contributed by atoms with Gasteiger partial charge in [0.25, 0.3) is 0 Å². The highest BCUT2D eigenvalue weighted by Gasteiger charge is 2.26. The quantitative estimate of drug-likeness (QED) is 0.833. The fourth-order valence-corrected chi connectivity index (χ4v) is 2.51. The van der Waals surface area contributed by atoms with Crippen LogP contribution in [0.2, 0.25) is 0 Å². The lowest BCUT2D eigenvalue weighted by Crippen LogP contribution is -2.36. The molecule has 4 nitrogen and oxygen atoms in total. The Morgan fingerprint density at radius 2 is 2.17 bits per heavy atom. The van der Waals surface area contributed by atoms with Crippen molar-refractivity contribution < 1.29 is 9.84 Å². The first-order valence-corrected chi connectivity index (χ1v) is 6.49. The Morgan fingerprint density at radius 3 is 2.78 bits per heavy atom. The number of pyridine rings is 1. The van der Waals surface area contributed by atoms with Crippen LogP contribution < -0.4 is 10.1 Å². The molecule has 0 spiro atoms. The molecule has 0 atom stereocenters. The fraction of sp³-hybridized carbons (Fsp3) is 0.643. The predicted molar refractivity (Wildman–Crippen MR) is 70.7 cm³/mol. The second-order valence-corrected chi connectivity index (χ2v) is 5.17. The summed E-state index contributed by atoms with van der Waals surface area (Å²) in [5.41, 5.74) is 3.22. The maximum Gasteiger partial charge on any atom is 0.128 e. The van der Waals surface area contributed by atoms with E-state index in [-0.39, 0.29) is 6.10 Å². The van der Waals surface area contributed by atoms with Crippen LogP contribution in [0.25, 0.3) is 0 Å². The molecule has 1 heterocycles. The Hall–Kier alpha value is -1.13. The third kappa shape index (κ3) is 2.82. The zero-order chi connectivity index (χ0) is 13.1. The summed E-state index contributed by atoms with van der Waals surface area (Å²) < 4.78 is 5.39. The molecule has 0 amide bonds. The third-order valence-electron chi connectivity index (χ3n) is 3.69. The predicted octanol–water partition coefficient (Wildman–Crippen LogP) is 1.57.